The quantitative estimate of drug-likeness (QED) is 0.527. The van der Waals surface area contributed by atoms with Gasteiger partial charge in [-0.2, -0.15) is 0 Å². The summed E-state index contributed by atoms with van der Waals surface area (Å²) in [5, 5.41) is 0. The number of methoxy groups -OCH3 is 1. The Morgan fingerprint density at radius 3 is 2.23 bits per heavy atom. The number of carbonyl (C=O) groups is 3. The maximum atomic E-state index is 12.1. The molecule has 7 heteroatoms. The molecule has 7 nitrogen and oxygen atoms in total. The number of hydrogen-bond acceptors (Lipinski definition) is 5. The molecular formula is C24H28N2O5. The molecule has 0 spiro atoms. The van der Waals surface area contributed by atoms with E-state index >= 15 is 0 Å². The number of hydrogen-bond donors (Lipinski definition) is 0. The van der Waals surface area contributed by atoms with Crippen molar-refractivity contribution in [3.8, 4) is 5.75 Å². The van der Waals surface area contributed by atoms with Crippen LogP contribution in [0.15, 0.2) is 54.6 Å². The Morgan fingerprint density at radius 1 is 0.968 bits per heavy atom. The molecule has 31 heavy (non-hydrogen) atoms. The Morgan fingerprint density at radius 2 is 1.61 bits per heavy atom. The van der Waals surface area contributed by atoms with Gasteiger partial charge in [0, 0.05) is 26.2 Å². The van der Waals surface area contributed by atoms with Crippen LogP contribution >= 0.6 is 0 Å². The monoisotopic (exact) mass is 424 g/mol. The molecule has 2 fully saturated rings. The minimum Gasteiger partial charge on any atom is -0.483 e. The van der Waals surface area contributed by atoms with Gasteiger partial charge in [-0.15, -0.1) is 0 Å². The number of piperazine rings is 1. The Balaban J connectivity index is 0.000000248. The molecule has 1 aliphatic carbocycles. The van der Waals surface area contributed by atoms with Crippen molar-refractivity contribution >= 4 is 18.3 Å². The van der Waals surface area contributed by atoms with E-state index < -0.39 is 5.97 Å². The molecule has 4 rings (SSSR count). The Hall–Kier alpha value is -3.35. The van der Waals surface area contributed by atoms with Crippen molar-refractivity contribution in [2.45, 2.75) is 18.8 Å². The van der Waals surface area contributed by atoms with Crippen molar-refractivity contribution in [1.29, 1.82) is 0 Å². The zero-order valence-electron chi connectivity index (χ0n) is 17.7. The van der Waals surface area contributed by atoms with Crippen LogP contribution in [-0.4, -0.2) is 68.0 Å². The lowest BCUT2D eigenvalue weighted by Gasteiger charge is -2.32. The van der Waals surface area contributed by atoms with E-state index in [0.29, 0.717) is 31.9 Å². The van der Waals surface area contributed by atoms with Crippen molar-refractivity contribution in [3.05, 3.63) is 65.7 Å². The van der Waals surface area contributed by atoms with Gasteiger partial charge in [0.2, 0.25) is 6.41 Å². The average molecular weight is 424 g/mol. The highest BCUT2D eigenvalue weighted by Gasteiger charge is 2.22. The molecule has 164 valence electrons. The molecule has 2 amide bonds. The van der Waals surface area contributed by atoms with Crippen molar-refractivity contribution in [2.75, 3.05) is 39.9 Å². The summed E-state index contributed by atoms with van der Waals surface area (Å²) in [7, 11) is 1.29. The van der Waals surface area contributed by atoms with Gasteiger partial charge in [-0.25, -0.2) is 4.79 Å². The van der Waals surface area contributed by atoms with Gasteiger partial charge in [0.15, 0.2) is 6.61 Å². The number of esters is 1. The van der Waals surface area contributed by atoms with Crippen LogP contribution in [0.5, 0.6) is 5.75 Å². The largest absolute Gasteiger partial charge is 0.483 e. The second-order valence-corrected chi connectivity index (χ2v) is 7.48. The first kappa shape index (κ1) is 22.3. The number of carbonyl (C=O) groups excluding carboxylic acids is 3. The summed E-state index contributed by atoms with van der Waals surface area (Å²) in [6.07, 6.45) is 3.60. The van der Waals surface area contributed by atoms with Crippen molar-refractivity contribution in [1.82, 2.24) is 9.80 Å². The van der Waals surface area contributed by atoms with E-state index in [4.69, 9.17) is 4.74 Å². The summed E-state index contributed by atoms with van der Waals surface area (Å²) in [6, 6.07) is 17.4. The van der Waals surface area contributed by atoms with E-state index in [1.54, 1.807) is 34.1 Å². The molecule has 0 radical (unpaired) electrons. The van der Waals surface area contributed by atoms with Crippen LogP contribution in [0.2, 0.25) is 0 Å². The first-order valence-electron chi connectivity index (χ1n) is 10.4. The van der Waals surface area contributed by atoms with E-state index in [2.05, 4.69) is 35.1 Å². The molecule has 0 unspecified atom stereocenters. The molecule has 0 bridgehead atoms. The Bertz CT molecular complexity index is 875. The number of benzene rings is 2. The highest BCUT2D eigenvalue weighted by Crippen LogP contribution is 2.39. The number of rotatable bonds is 6. The van der Waals surface area contributed by atoms with Gasteiger partial charge in [0.25, 0.3) is 5.91 Å². The van der Waals surface area contributed by atoms with E-state index in [9.17, 15) is 14.4 Å². The molecule has 1 saturated carbocycles. The second-order valence-electron chi connectivity index (χ2n) is 7.48. The normalized spacial score (nSPS) is 15.4. The first-order chi connectivity index (χ1) is 15.1. The number of para-hydroxylation sites is 1. The molecule has 0 aromatic heterocycles. The van der Waals surface area contributed by atoms with Gasteiger partial charge < -0.3 is 19.3 Å². The van der Waals surface area contributed by atoms with Crippen LogP contribution in [-0.2, 0) is 14.3 Å². The molecule has 2 aliphatic rings. The summed E-state index contributed by atoms with van der Waals surface area (Å²) in [4.78, 5) is 37.6. The summed E-state index contributed by atoms with van der Waals surface area (Å²) in [5.41, 5.74) is 1.81. The molecule has 2 aromatic carbocycles. The Labute approximate surface area is 182 Å². The average Bonchev–Trinajstić information content (AvgIpc) is 3.69. The molecular weight excluding hydrogens is 396 g/mol. The lowest BCUT2D eigenvalue weighted by molar-refractivity contribution is -0.137. The van der Waals surface area contributed by atoms with Crippen LogP contribution < -0.4 is 4.74 Å². The van der Waals surface area contributed by atoms with E-state index in [-0.39, 0.29) is 18.1 Å². The topological polar surface area (TPSA) is 76.2 Å². The van der Waals surface area contributed by atoms with E-state index in [0.717, 1.165) is 12.3 Å². The molecule has 2 aromatic rings. The molecule has 0 N–H and O–H groups in total. The Kier molecular flexibility index (Phi) is 8.04. The van der Waals surface area contributed by atoms with Gasteiger partial charge in [0.1, 0.15) is 11.3 Å². The van der Waals surface area contributed by atoms with Gasteiger partial charge in [-0.05, 0) is 36.5 Å². The van der Waals surface area contributed by atoms with Crippen molar-refractivity contribution in [3.63, 3.8) is 0 Å². The smallest absolute Gasteiger partial charge is 0.341 e. The third-order valence-electron chi connectivity index (χ3n) is 5.31. The zero-order chi connectivity index (χ0) is 22.1. The van der Waals surface area contributed by atoms with E-state index in [1.165, 1.54) is 25.5 Å². The van der Waals surface area contributed by atoms with Crippen LogP contribution in [0.1, 0.15) is 34.7 Å². The molecule has 0 atom stereocenters. The van der Waals surface area contributed by atoms with E-state index in [1.807, 2.05) is 0 Å². The van der Waals surface area contributed by atoms with Crippen molar-refractivity contribution < 1.29 is 23.9 Å². The van der Waals surface area contributed by atoms with Crippen LogP contribution in [0, 0.1) is 0 Å². The standard InChI is InChI=1S/C15H18N2O5.C9H10/c1-21-15(20)12-4-2-3-5-13(12)22-10-14(19)17-8-6-16(11-18)7-9-17;1-2-4-8(5-3-1)9-6-7-9/h2-5,11H,6-10H2,1H3;1-5,9H,6-7H2. The molecule has 1 heterocycles. The SMILES string of the molecule is COC(=O)c1ccccc1OCC(=O)N1CCN(C=O)CC1.c1ccc(C2CC2)cc1. The summed E-state index contributed by atoms with van der Waals surface area (Å²) in [6.45, 7) is 1.86. The summed E-state index contributed by atoms with van der Waals surface area (Å²) >= 11 is 0. The highest BCUT2D eigenvalue weighted by atomic mass is 16.5. The molecule has 1 saturated heterocycles. The maximum absolute atomic E-state index is 12.1. The number of amides is 2. The third kappa shape index (κ3) is 6.57. The van der Waals surface area contributed by atoms with Crippen LogP contribution in [0.25, 0.3) is 0 Å². The fourth-order valence-corrected chi connectivity index (χ4v) is 3.32. The zero-order valence-corrected chi connectivity index (χ0v) is 17.7. The third-order valence-corrected chi connectivity index (χ3v) is 5.31. The van der Waals surface area contributed by atoms with Gasteiger partial charge in [-0.1, -0.05) is 42.5 Å². The van der Waals surface area contributed by atoms with Crippen LogP contribution in [0.3, 0.4) is 0 Å². The van der Waals surface area contributed by atoms with Crippen molar-refractivity contribution in [2.24, 2.45) is 0 Å². The second kappa shape index (κ2) is 11.2. The summed E-state index contributed by atoms with van der Waals surface area (Å²) < 4.78 is 10.1. The lowest BCUT2D eigenvalue weighted by Crippen LogP contribution is -2.49. The number of ether oxygens (including phenoxy) is 2. The predicted octanol–water partition coefficient (Wildman–Crippen LogP) is 2.72. The highest BCUT2D eigenvalue weighted by molar-refractivity contribution is 5.92. The van der Waals surface area contributed by atoms with Gasteiger partial charge in [0.05, 0.1) is 7.11 Å². The first-order valence-corrected chi connectivity index (χ1v) is 10.4. The lowest BCUT2D eigenvalue weighted by atomic mass is 10.1. The fraction of sp³-hybridized carbons (Fsp3) is 0.375. The van der Waals surface area contributed by atoms with Crippen LogP contribution in [0.4, 0.5) is 0 Å². The fourth-order valence-electron chi connectivity index (χ4n) is 3.32. The minimum atomic E-state index is -0.511. The van der Waals surface area contributed by atoms with Gasteiger partial charge >= 0.3 is 5.97 Å². The minimum absolute atomic E-state index is 0.158. The maximum Gasteiger partial charge on any atom is 0.341 e. The number of nitrogens with zero attached hydrogens (tertiary/aromatic N) is 2. The molecule has 1 aliphatic heterocycles. The predicted molar refractivity (Wildman–Crippen MR) is 116 cm³/mol. The van der Waals surface area contributed by atoms with Gasteiger partial charge in [-0.3, -0.25) is 9.59 Å². The summed E-state index contributed by atoms with van der Waals surface area (Å²) in [5.74, 6) is 0.535.